The van der Waals surface area contributed by atoms with E-state index in [1.165, 1.54) is 4.90 Å². The van der Waals surface area contributed by atoms with Gasteiger partial charge in [-0.2, -0.15) is 0 Å². The summed E-state index contributed by atoms with van der Waals surface area (Å²) in [5.74, 6) is 0.936. The van der Waals surface area contributed by atoms with Gasteiger partial charge in [0, 0.05) is 22.8 Å². The molecule has 0 atom stereocenters. The van der Waals surface area contributed by atoms with Gasteiger partial charge in [0.05, 0.1) is 0 Å². The zero-order valence-electron chi connectivity index (χ0n) is 12.2. The van der Waals surface area contributed by atoms with E-state index >= 15 is 0 Å². The van der Waals surface area contributed by atoms with E-state index < -0.39 is 0 Å². The van der Waals surface area contributed by atoms with E-state index in [0.717, 1.165) is 31.0 Å². The van der Waals surface area contributed by atoms with Crippen LogP contribution in [0, 0.1) is 0 Å². The third kappa shape index (κ3) is 6.39. The zero-order valence-corrected chi connectivity index (χ0v) is 14.7. The quantitative estimate of drug-likeness (QED) is 0.268. The topological polar surface area (TPSA) is 35.8 Å². The van der Waals surface area contributed by atoms with Crippen molar-refractivity contribution in [2.75, 3.05) is 31.6 Å². The van der Waals surface area contributed by atoms with Crippen LogP contribution in [0.25, 0.3) is 0 Å². The van der Waals surface area contributed by atoms with E-state index in [-0.39, 0.29) is 12.4 Å². The lowest BCUT2D eigenvalue weighted by molar-refractivity contribution is 0.320. The smallest absolute Gasteiger partial charge is 0.143 e. The van der Waals surface area contributed by atoms with Gasteiger partial charge in [0.15, 0.2) is 0 Å². The molecular formula is C14H23ClN2OS2. The van der Waals surface area contributed by atoms with Crippen molar-refractivity contribution in [3.8, 4) is 0 Å². The molecule has 1 aromatic carbocycles. The second kappa shape index (κ2) is 11.3. The summed E-state index contributed by atoms with van der Waals surface area (Å²) in [6, 6.07) is 8.11. The molecule has 0 radical (unpaired) electrons. The van der Waals surface area contributed by atoms with Crippen LogP contribution in [0.15, 0.2) is 34.3 Å². The van der Waals surface area contributed by atoms with Crippen molar-refractivity contribution in [1.29, 1.82) is 0 Å². The highest BCUT2D eigenvalue weighted by Crippen LogP contribution is 2.19. The van der Waals surface area contributed by atoms with Crippen molar-refractivity contribution in [2.45, 2.75) is 18.7 Å². The summed E-state index contributed by atoms with van der Waals surface area (Å²) in [6.07, 6.45) is 2.05. The number of nitrogens with zero attached hydrogens (tertiary/aromatic N) is 2. The van der Waals surface area contributed by atoms with E-state index in [0.29, 0.717) is 5.04 Å². The molecule has 0 fully saturated rings. The molecule has 0 amide bonds. The maximum Gasteiger partial charge on any atom is 0.143 e. The van der Waals surface area contributed by atoms with Crippen LogP contribution in [0.2, 0.25) is 0 Å². The molecule has 1 aromatic rings. The lowest BCUT2D eigenvalue weighted by Gasteiger charge is -2.17. The van der Waals surface area contributed by atoms with Gasteiger partial charge in [-0.1, -0.05) is 31.1 Å². The Morgan fingerprint density at radius 1 is 1.20 bits per heavy atom. The van der Waals surface area contributed by atoms with Crippen molar-refractivity contribution in [3.63, 3.8) is 0 Å². The first-order valence-electron chi connectivity index (χ1n) is 6.46. The summed E-state index contributed by atoms with van der Waals surface area (Å²) in [4.78, 5) is 3.58. The standard InChI is InChI=1S/C14H22N2OS2.ClH/c1-4-16(5-2)10-11-19-14(15-17)12-6-8-13(18-3)9-7-12;/h6-9,17H,4-5,10-11H2,1-3H3;1H/b15-14+;. The molecule has 6 heteroatoms. The van der Waals surface area contributed by atoms with Crippen LogP contribution in [0.1, 0.15) is 19.4 Å². The van der Waals surface area contributed by atoms with Gasteiger partial charge in [-0.25, -0.2) is 0 Å². The van der Waals surface area contributed by atoms with Gasteiger partial charge in [-0.15, -0.1) is 35.9 Å². The van der Waals surface area contributed by atoms with E-state index in [1.54, 1.807) is 23.5 Å². The molecular weight excluding hydrogens is 312 g/mol. The normalized spacial score (nSPS) is 11.5. The highest BCUT2D eigenvalue weighted by atomic mass is 35.5. The monoisotopic (exact) mass is 334 g/mol. The summed E-state index contributed by atoms with van der Waals surface area (Å²) in [7, 11) is 0. The number of hydrogen-bond acceptors (Lipinski definition) is 5. The molecule has 0 aliphatic heterocycles. The Morgan fingerprint density at radius 3 is 2.25 bits per heavy atom. The molecule has 0 spiro atoms. The van der Waals surface area contributed by atoms with Crippen molar-refractivity contribution in [2.24, 2.45) is 5.16 Å². The molecule has 0 aliphatic carbocycles. The molecule has 0 bridgehead atoms. The van der Waals surface area contributed by atoms with E-state index in [4.69, 9.17) is 5.21 Å². The van der Waals surface area contributed by atoms with E-state index in [2.05, 4.69) is 42.3 Å². The Bertz CT molecular complexity index is 395. The van der Waals surface area contributed by atoms with Gasteiger partial charge >= 0.3 is 0 Å². The molecule has 0 aromatic heterocycles. The fraction of sp³-hybridized carbons (Fsp3) is 0.500. The van der Waals surface area contributed by atoms with Gasteiger partial charge in [0.2, 0.25) is 0 Å². The largest absolute Gasteiger partial charge is 0.410 e. The summed E-state index contributed by atoms with van der Waals surface area (Å²) >= 11 is 3.31. The van der Waals surface area contributed by atoms with Crippen LogP contribution in [-0.2, 0) is 0 Å². The van der Waals surface area contributed by atoms with Gasteiger partial charge in [-0.3, -0.25) is 0 Å². The Labute approximate surface area is 136 Å². The molecule has 20 heavy (non-hydrogen) atoms. The first-order chi connectivity index (χ1) is 9.24. The van der Waals surface area contributed by atoms with Gasteiger partial charge in [0.25, 0.3) is 0 Å². The second-order valence-corrected chi connectivity index (χ2v) is 5.97. The summed E-state index contributed by atoms with van der Waals surface area (Å²) in [5.41, 5.74) is 0.977. The van der Waals surface area contributed by atoms with E-state index in [1.807, 2.05) is 12.1 Å². The van der Waals surface area contributed by atoms with Crippen molar-refractivity contribution in [1.82, 2.24) is 4.90 Å². The molecule has 3 nitrogen and oxygen atoms in total. The number of oxime groups is 1. The van der Waals surface area contributed by atoms with Crippen molar-refractivity contribution in [3.05, 3.63) is 29.8 Å². The number of halogens is 1. The molecule has 0 aliphatic rings. The van der Waals surface area contributed by atoms with Gasteiger partial charge < -0.3 is 10.1 Å². The lowest BCUT2D eigenvalue weighted by atomic mass is 10.2. The Balaban J connectivity index is 0.00000361. The maximum atomic E-state index is 9.13. The van der Waals surface area contributed by atoms with Crippen molar-refractivity contribution < 1.29 is 5.21 Å². The minimum atomic E-state index is 0. The molecule has 1 N–H and O–H groups in total. The summed E-state index contributed by atoms with van der Waals surface area (Å²) < 4.78 is 0. The molecule has 0 heterocycles. The van der Waals surface area contributed by atoms with Crippen LogP contribution >= 0.6 is 35.9 Å². The second-order valence-electron chi connectivity index (χ2n) is 4.01. The predicted octanol–water partition coefficient (Wildman–Crippen LogP) is 4.04. The molecule has 0 unspecified atom stereocenters. The third-order valence-electron chi connectivity index (χ3n) is 2.97. The number of hydrogen-bond donors (Lipinski definition) is 1. The van der Waals surface area contributed by atoms with E-state index in [9.17, 15) is 0 Å². The third-order valence-corrected chi connectivity index (χ3v) is 4.69. The Morgan fingerprint density at radius 2 is 1.80 bits per heavy atom. The maximum absolute atomic E-state index is 9.13. The molecule has 0 saturated heterocycles. The van der Waals surface area contributed by atoms with Crippen LogP contribution in [0.5, 0.6) is 0 Å². The molecule has 1 rings (SSSR count). The van der Waals surface area contributed by atoms with Crippen LogP contribution < -0.4 is 0 Å². The minimum Gasteiger partial charge on any atom is -0.410 e. The minimum absolute atomic E-state index is 0. The first kappa shape index (κ1) is 19.6. The number of thioether (sulfide) groups is 2. The fourth-order valence-corrected chi connectivity index (χ4v) is 3.03. The SMILES string of the molecule is CCN(CC)CCS/C(=N/O)c1ccc(SC)cc1.Cl. The van der Waals surface area contributed by atoms with Crippen molar-refractivity contribution >= 4 is 41.0 Å². The van der Waals surface area contributed by atoms with Gasteiger partial charge in [-0.05, 0) is 31.5 Å². The zero-order chi connectivity index (χ0) is 14.1. The molecule has 0 saturated carbocycles. The average molecular weight is 335 g/mol. The Kier molecular flexibility index (Phi) is 11.1. The molecule has 114 valence electrons. The lowest BCUT2D eigenvalue weighted by Crippen LogP contribution is -2.25. The highest BCUT2D eigenvalue weighted by molar-refractivity contribution is 8.14. The van der Waals surface area contributed by atoms with Gasteiger partial charge in [0.1, 0.15) is 5.04 Å². The number of rotatable bonds is 7. The van der Waals surface area contributed by atoms with Crippen LogP contribution in [-0.4, -0.2) is 46.8 Å². The summed E-state index contributed by atoms with van der Waals surface area (Å²) in [6.45, 7) is 7.46. The summed E-state index contributed by atoms with van der Waals surface area (Å²) in [5, 5.41) is 13.2. The first-order valence-corrected chi connectivity index (χ1v) is 8.67. The van der Waals surface area contributed by atoms with Crippen LogP contribution in [0.4, 0.5) is 0 Å². The fourth-order valence-electron chi connectivity index (χ4n) is 1.71. The number of benzene rings is 1. The predicted molar refractivity (Wildman–Crippen MR) is 94.0 cm³/mol. The Hall–Kier alpha value is -0.360. The average Bonchev–Trinajstić information content (AvgIpc) is 2.48. The van der Waals surface area contributed by atoms with Crippen LogP contribution in [0.3, 0.4) is 0 Å². The highest BCUT2D eigenvalue weighted by Gasteiger charge is 2.06.